The summed E-state index contributed by atoms with van der Waals surface area (Å²) in [4.78, 5) is 24.9. The summed E-state index contributed by atoms with van der Waals surface area (Å²) in [5.74, 6) is -0.428. The van der Waals surface area contributed by atoms with Gasteiger partial charge in [-0.3, -0.25) is 9.59 Å². The Kier molecular flexibility index (Phi) is 8.84. The number of carbonyl (C=O) groups is 2. The van der Waals surface area contributed by atoms with Crippen LogP contribution in [0.5, 0.6) is 5.75 Å². The highest BCUT2D eigenvalue weighted by atomic mass is 79.9. The standard InChI is InChI=1S/C21H20BrClN4O3/c1-13(2)19(26-20(28)15-4-6-16(23)7-5-15)21(29)27-25-12-14-3-8-18(17(22)11-14)30-10-9-24/h3-8,11-13,19H,10H2,1-2H3,(H,26,28)(H,27,29). The second-order valence-corrected chi connectivity index (χ2v) is 7.86. The van der Waals surface area contributed by atoms with E-state index in [1.807, 2.05) is 19.9 Å². The number of amides is 2. The van der Waals surface area contributed by atoms with Crippen molar-refractivity contribution in [2.75, 3.05) is 6.61 Å². The van der Waals surface area contributed by atoms with Gasteiger partial charge >= 0.3 is 0 Å². The van der Waals surface area contributed by atoms with Crippen molar-refractivity contribution in [1.82, 2.24) is 10.7 Å². The molecular formula is C21H20BrClN4O3. The van der Waals surface area contributed by atoms with Crippen LogP contribution in [0.1, 0.15) is 29.8 Å². The van der Waals surface area contributed by atoms with Gasteiger partial charge in [0.1, 0.15) is 17.9 Å². The predicted octanol–water partition coefficient (Wildman–Crippen LogP) is 3.91. The minimum atomic E-state index is -0.765. The number of hydrogen-bond donors (Lipinski definition) is 2. The number of carbonyl (C=O) groups excluding carboxylic acids is 2. The summed E-state index contributed by atoms with van der Waals surface area (Å²) >= 11 is 9.19. The van der Waals surface area contributed by atoms with Crippen LogP contribution >= 0.6 is 27.5 Å². The van der Waals surface area contributed by atoms with E-state index in [0.29, 0.717) is 26.4 Å². The molecule has 7 nitrogen and oxygen atoms in total. The monoisotopic (exact) mass is 490 g/mol. The van der Waals surface area contributed by atoms with Gasteiger partial charge in [-0.15, -0.1) is 0 Å². The number of hydrogen-bond acceptors (Lipinski definition) is 5. The van der Waals surface area contributed by atoms with Gasteiger partial charge in [-0.1, -0.05) is 25.4 Å². The minimum Gasteiger partial charge on any atom is -0.478 e. The van der Waals surface area contributed by atoms with Gasteiger partial charge in [-0.05, 0) is 69.9 Å². The highest BCUT2D eigenvalue weighted by Gasteiger charge is 2.24. The van der Waals surface area contributed by atoms with E-state index in [9.17, 15) is 9.59 Å². The Labute approximate surface area is 188 Å². The van der Waals surface area contributed by atoms with Crippen LogP contribution in [-0.2, 0) is 4.79 Å². The lowest BCUT2D eigenvalue weighted by Crippen LogP contribution is -2.48. The van der Waals surface area contributed by atoms with Gasteiger partial charge in [0.2, 0.25) is 0 Å². The van der Waals surface area contributed by atoms with Gasteiger partial charge in [0.05, 0.1) is 10.7 Å². The van der Waals surface area contributed by atoms with Gasteiger partial charge in [0.15, 0.2) is 6.61 Å². The molecule has 2 aromatic rings. The van der Waals surface area contributed by atoms with E-state index in [-0.39, 0.29) is 18.4 Å². The van der Waals surface area contributed by atoms with E-state index >= 15 is 0 Å². The highest BCUT2D eigenvalue weighted by molar-refractivity contribution is 9.10. The fraction of sp³-hybridized carbons (Fsp3) is 0.238. The Morgan fingerprint density at radius 1 is 1.27 bits per heavy atom. The van der Waals surface area contributed by atoms with Gasteiger partial charge < -0.3 is 10.1 Å². The van der Waals surface area contributed by atoms with Gasteiger partial charge in [-0.2, -0.15) is 10.4 Å². The molecule has 0 saturated heterocycles. The van der Waals surface area contributed by atoms with Crippen molar-refractivity contribution in [3.63, 3.8) is 0 Å². The van der Waals surface area contributed by atoms with Crippen molar-refractivity contribution in [2.45, 2.75) is 19.9 Å². The molecule has 0 radical (unpaired) electrons. The Morgan fingerprint density at radius 3 is 2.57 bits per heavy atom. The number of rotatable bonds is 8. The van der Waals surface area contributed by atoms with Gasteiger partial charge in [0.25, 0.3) is 11.8 Å². The molecule has 0 heterocycles. The summed E-state index contributed by atoms with van der Waals surface area (Å²) in [5, 5.41) is 15.8. The first-order valence-electron chi connectivity index (χ1n) is 9.00. The van der Waals surface area contributed by atoms with Gasteiger partial charge in [-0.25, -0.2) is 5.43 Å². The molecule has 0 aromatic heterocycles. The molecule has 2 aromatic carbocycles. The number of ether oxygens (including phenoxy) is 1. The zero-order valence-corrected chi connectivity index (χ0v) is 18.7. The SMILES string of the molecule is CC(C)C(NC(=O)c1ccc(Cl)cc1)C(=O)NN=Cc1ccc(OCC#N)c(Br)c1. The molecular weight excluding hydrogens is 472 g/mol. The topological polar surface area (TPSA) is 104 Å². The van der Waals surface area contributed by atoms with E-state index in [2.05, 4.69) is 31.8 Å². The number of benzene rings is 2. The summed E-state index contributed by atoms with van der Waals surface area (Å²) in [5.41, 5.74) is 3.57. The first kappa shape index (κ1) is 23.4. The molecule has 1 atom stereocenters. The van der Waals surface area contributed by atoms with Crippen LogP contribution in [0.15, 0.2) is 52.0 Å². The molecule has 2 N–H and O–H groups in total. The molecule has 0 aliphatic carbocycles. The molecule has 156 valence electrons. The van der Waals surface area contributed by atoms with Crippen molar-refractivity contribution in [1.29, 1.82) is 5.26 Å². The number of nitriles is 1. The number of nitrogens with one attached hydrogen (secondary N) is 2. The molecule has 1 unspecified atom stereocenters. The zero-order chi connectivity index (χ0) is 22.1. The molecule has 0 aliphatic heterocycles. The molecule has 0 bridgehead atoms. The van der Waals surface area contributed by atoms with Crippen LogP contribution in [-0.4, -0.2) is 30.7 Å². The molecule has 2 amide bonds. The number of hydrazone groups is 1. The summed E-state index contributed by atoms with van der Waals surface area (Å²) < 4.78 is 5.91. The zero-order valence-electron chi connectivity index (χ0n) is 16.4. The molecule has 30 heavy (non-hydrogen) atoms. The predicted molar refractivity (Wildman–Crippen MR) is 119 cm³/mol. The Hall–Kier alpha value is -2.89. The van der Waals surface area contributed by atoms with E-state index in [0.717, 1.165) is 0 Å². The maximum atomic E-state index is 12.5. The summed E-state index contributed by atoms with van der Waals surface area (Å²) in [6, 6.07) is 12.7. The quantitative estimate of drug-likeness (QED) is 0.431. The summed E-state index contributed by atoms with van der Waals surface area (Å²) in [6.45, 7) is 3.60. The van der Waals surface area contributed by atoms with E-state index in [1.165, 1.54) is 6.21 Å². The highest BCUT2D eigenvalue weighted by Crippen LogP contribution is 2.25. The lowest BCUT2D eigenvalue weighted by Gasteiger charge is -2.20. The summed E-state index contributed by atoms with van der Waals surface area (Å²) in [6.07, 6.45) is 1.47. The number of nitrogens with zero attached hydrogens (tertiary/aromatic N) is 2. The third kappa shape index (κ3) is 6.87. The summed E-state index contributed by atoms with van der Waals surface area (Å²) in [7, 11) is 0. The minimum absolute atomic E-state index is 0.0551. The van der Waals surface area contributed by atoms with Crippen LogP contribution < -0.4 is 15.5 Å². The van der Waals surface area contributed by atoms with Crippen LogP contribution in [0, 0.1) is 17.2 Å². The third-order valence-electron chi connectivity index (χ3n) is 3.98. The Balaban J connectivity index is 1.99. The van der Waals surface area contributed by atoms with Crippen molar-refractivity contribution >= 4 is 45.6 Å². The molecule has 2 rings (SSSR count). The van der Waals surface area contributed by atoms with Crippen molar-refractivity contribution in [3.05, 3.63) is 63.1 Å². The van der Waals surface area contributed by atoms with Crippen LogP contribution in [0.4, 0.5) is 0 Å². The molecule has 0 aliphatic rings. The Bertz CT molecular complexity index is 971. The molecule has 0 spiro atoms. The first-order chi connectivity index (χ1) is 14.3. The Morgan fingerprint density at radius 2 is 1.97 bits per heavy atom. The van der Waals surface area contributed by atoms with Crippen molar-refractivity contribution in [2.24, 2.45) is 11.0 Å². The maximum Gasteiger partial charge on any atom is 0.262 e. The smallest absolute Gasteiger partial charge is 0.262 e. The lowest BCUT2D eigenvalue weighted by atomic mass is 10.0. The van der Waals surface area contributed by atoms with E-state index in [4.69, 9.17) is 21.6 Å². The van der Waals surface area contributed by atoms with Crippen LogP contribution in [0.25, 0.3) is 0 Å². The van der Waals surface area contributed by atoms with Crippen LogP contribution in [0.2, 0.25) is 5.02 Å². The second kappa shape index (κ2) is 11.3. The first-order valence-corrected chi connectivity index (χ1v) is 10.2. The lowest BCUT2D eigenvalue weighted by molar-refractivity contribution is -0.123. The average Bonchev–Trinajstić information content (AvgIpc) is 2.71. The fourth-order valence-corrected chi connectivity index (χ4v) is 3.06. The van der Waals surface area contributed by atoms with Crippen LogP contribution in [0.3, 0.4) is 0 Å². The molecule has 0 fully saturated rings. The normalized spacial score (nSPS) is 11.7. The number of halogens is 2. The van der Waals surface area contributed by atoms with Crippen molar-refractivity contribution in [3.8, 4) is 11.8 Å². The largest absolute Gasteiger partial charge is 0.478 e. The fourth-order valence-electron chi connectivity index (χ4n) is 2.43. The van der Waals surface area contributed by atoms with Gasteiger partial charge in [0, 0.05) is 10.6 Å². The molecule has 9 heteroatoms. The third-order valence-corrected chi connectivity index (χ3v) is 4.85. The van der Waals surface area contributed by atoms with Crippen molar-refractivity contribution < 1.29 is 14.3 Å². The second-order valence-electron chi connectivity index (χ2n) is 6.57. The molecule has 0 saturated carbocycles. The average molecular weight is 492 g/mol. The maximum absolute atomic E-state index is 12.5. The van der Waals surface area contributed by atoms with E-state index < -0.39 is 11.9 Å². The van der Waals surface area contributed by atoms with E-state index in [1.54, 1.807) is 42.5 Å².